The summed E-state index contributed by atoms with van der Waals surface area (Å²) in [6.07, 6.45) is -1.84. The average Bonchev–Trinajstić information content (AvgIpc) is 3.21. The van der Waals surface area contributed by atoms with Gasteiger partial charge in [-0.15, -0.1) is 0 Å². The van der Waals surface area contributed by atoms with Crippen LogP contribution in [-0.4, -0.2) is 53.7 Å². The maximum Gasteiger partial charge on any atom is 0.330 e. The van der Waals surface area contributed by atoms with E-state index in [9.17, 15) is 14.7 Å². The van der Waals surface area contributed by atoms with E-state index in [4.69, 9.17) is 14.2 Å². The lowest BCUT2D eigenvalue weighted by Gasteiger charge is -2.21. The molecule has 0 aliphatic carbocycles. The van der Waals surface area contributed by atoms with Crippen LogP contribution in [0.4, 0.5) is 5.69 Å². The van der Waals surface area contributed by atoms with E-state index in [-0.39, 0.29) is 6.61 Å². The summed E-state index contributed by atoms with van der Waals surface area (Å²) in [4.78, 5) is 27.6. The van der Waals surface area contributed by atoms with E-state index in [0.29, 0.717) is 0 Å². The Labute approximate surface area is 154 Å². The van der Waals surface area contributed by atoms with Crippen LogP contribution in [0.1, 0.15) is 18.1 Å². The van der Waals surface area contributed by atoms with E-state index in [0.717, 1.165) is 11.3 Å². The van der Waals surface area contributed by atoms with Crippen molar-refractivity contribution in [2.24, 2.45) is 0 Å². The molecular weight excluding hydrogens is 354 g/mol. The third kappa shape index (κ3) is 3.19. The van der Waals surface area contributed by atoms with Gasteiger partial charge in [-0.1, -0.05) is 12.1 Å². The summed E-state index contributed by atoms with van der Waals surface area (Å²) in [5.74, 6) is 0. The number of hydrogen-bond donors (Lipinski definition) is 2. The van der Waals surface area contributed by atoms with Gasteiger partial charge >= 0.3 is 5.69 Å². The Hall–Kier alpha value is -2.46. The Bertz CT molecular complexity index is 922. The van der Waals surface area contributed by atoms with E-state index < -0.39 is 42.1 Å². The second-order valence-electron chi connectivity index (χ2n) is 6.78. The van der Waals surface area contributed by atoms with Gasteiger partial charge < -0.3 is 24.2 Å². The van der Waals surface area contributed by atoms with Crippen LogP contribution in [0.15, 0.2) is 46.1 Å². The summed E-state index contributed by atoms with van der Waals surface area (Å²) in [6, 6.07) is 8.98. The van der Waals surface area contributed by atoms with Crippen molar-refractivity contribution < 1.29 is 19.3 Å². The third-order valence-corrected chi connectivity index (χ3v) is 4.83. The van der Waals surface area contributed by atoms with Gasteiger partial charge in [0.1, 0.15) is 18.3 Å². The Morgan fingerprint density at radius 1 is 1.07 bits per heavy atom. The molecule has 27 heavy (non-hydrogen) atoms. The zero-order valence-corrected chi connectivity index (χ0v) is 14.9. The Morgan fingerprint density at radius 3 is 2.41 bits per heavy atom. The molecule has 5 atom stereocenters. The van der Waals surface area contributed by atoms with Crippen LogP contribution in [-0.2, 0) is 14.2 Å². The molecule has 0 radical (unpaired) electrons. The van der Waals surface area contributed by atoms with Gasteiger partial charge in [0.15, 0.2) is 12.5 Å². The highest BCUT2D eigenvalue weighted by molar-refractivity contribution is 5.46. The first-order valence-electron chi connectivity index (χ1n) is 8.64. The number of hydrogen-bond acceptors (Lipinski definition) is 7. The molecule has 0 bridgehead atoms. The van der Waals surface area contributed by atoms with Crippen molar-refractivity contribution in [3.8, 4) is 0 Å². The number of ether oxygens (including phenoxy) is 3. The average molecular weight is 375 g/mol. The standard InChI is InChI=1S/C18H21N3O6/c1-20(2)11-5-3-10(4-6-11)17-26-14-12(9-22)25-16(15(14)27-17)21-8-7-13(23)19-18(21)24/h3-8,12,14-17,22H,9H2,1-2H3,(H,19,23,24). The first-order valence-corrected chi connectivity index (χ1v) is 8.64. The van der Waals surface area contributed by atoms with Gasteiger partial charge in [0.25, 0.3) is 5.56 Å². The minimum Gasteiger partial charge on any atom is -0.394 e. The van der Waals surface area contributed by atoms with Gasteiger partial charge in [0, 0.05) is 37.6 Å². The molecule has 9 nitrogen and oxygen atoms in total. The molecule has 0 saturated carbocycles. The maximum absolute atomic E-state index is 12.1. The van der Waals surface area contributed by atoms with Gasteiger partial charge in [-0.2, -0.15) is 0 Å². The number of fused-ring (bicyclic) bond motifs is 1. The molecule has 2 aromatic rings. The number of aliphatic hydroxyl groups excluding tert-OH is 1. The highest BCUT2D eigenvalue weighted by atomic mass is 16.8. The predicted molar refractivity (Wildman–Crippen MR) is 95.6 cm³/mol. The van der Waals surface area contributed by atoms with Crippen molar-refractivity contribution in [2.45, 2.75) is 30.8 Å². The molecule has 3 heterocycles. The molecule has 1 aromatic heterocycles. The maximum atomic E-state index is 12.1. The Morgan fingerprint density at radius 2 is 1.78 bits per heavy atom. The Balaban J connectivity index is 1.60. The lowest BCUT2D eigenvalue weighted by molar-refractivity contribution is -0.155. The summed E-state index contributed by atoms with van der Waals surface area (Å²) < 4.78 is 19.0. The number of H-pyrrole nitrogens is 1. The van der Waals surface area contributed by atoms with Crippen LogP contribution >= 0.6 is 0 Å². The molecule has 0 amide bonds. The second-order valence-corrected chi connectivity index (χ2v) is 6.78. The molecule has 144 valence electrons. The largest absolute Gasteiger partial charge is 0.394 e. The molecule has 2 N–H and O–H groups in total. The van der Waals surface area contributed by atoms with Crippen LogP contribution in [0.2, 0.25) is 0 Å². The molecule has 4 rings (SSSR count). The van der Waals surface area contributed by atoms with Gasteiger partial charge in [-0.05, 0) is 12.1 Å². The number of benzene rings is 1. The molecule has 5 unspecified atom stereocenters. The second kappa shape index (κ2) is 6.93. The number of nitrogens with zero attached hydrogens (tertiary/aromatic N) is 2. The Kier molecular flexibility index (Phi) is 4.60. The van der Waals surface area contributed by atoms with Crippen LogP contribution < -0.4 is 16.1 Å². The molecule has 0 spiro atoms. The SMILES string of the molecule is CN(C)c1ccc(C2OC3C(CO)OC(n4ccc(=O)[nH]c4=O)C3O2)cc1. The molecule has 2 aliphatic heterocycles. The monoisotopic (exact) mass is 375 g/mol. The summed E-state index contributed by atoms with van der Waals surface area (Å²) >= 11 is 0. The fourth-order valence-electron chi connectivity index (χ4n) is 3.42. The third-order valence-electron chi connectivity index (χ3n) is 4.83. The summed E-state index contributed by atoms with van der Waals surface area (Å²) in [6.45, 7) is -0.272. The van der Waals surface area contributed by atoms with E-state index in [1.807, 2.05) is 43.3 Å². The van der Waals surface area contributed by atoms with Crippen molar-refractivity contribution in [1.82, 2.24) is 9.55 Å². The smallest absolute Gasteiger partial charge is 0.330 e. The van der Waals surface area contributed by atoms with E-state index >= 15 is 0 Å². The quantitative estimate of drug-likeness (QED) is 0.773. The lowest BCUT2D eigenvalue weighted by atomic mass is 10.1. The molecule has 9 heteroatoms. The molecule has 2 saturated heterocycles. The van der Waals surface area contributed by atoms with Crippen molar-refractivity contribution in [3.05, 3.63) is 62.9 Å². The normalized spacial score (nSPS) is 29.7. The van der Waals surface area contributed by atoms with E-state index in [1.54, 1.807) is 0 Å². The van der Waals surface area contributed by atoms with Crippen molar-refractivity contribution in [1.29, 1.82) is 0 Å². The van der Waals surface area contributed by atoms with Gasteiger partial charge in [-0.3, -0.25) is 14.3 Å². The number of aromatic nitrogens is 2. The first-order chi connectivity index (χ1) is 13.0. The lowest BCUT2D eigenvalue weighted by Crippen LogP contribution is -2.36. The number of aromatic amines is 1. The fraction of sp³-hybridized carbons (Fsp3) is 0.444. The molecule has 2 aliphatic rings. The predicted octanol–water partition coefficient (Wildman–Crippen LogP) is -0.0249. The first kappa shape index (κ1) is 17.9. The van der Waals surface area contributed by atoms with Gasteiger partial charge in [-0.25, -0.2) is 4.79 Å². The van der Waals surface area contributed by atoms with E-state index in [1.165, 1.54) is 16.8 Å². The summed E-state index contributed by atoms with van der Waals surface area (Å²) in [5.41, 5.74) is 0.782. The molecule has 2 fully saturated rings. The highest BCUT2D eigenvalue weighted by Crippen LogP contribution is 2.43. The number of nitrogens with one attached hydrogen (secondary N) is 1. The number of aliphatic hydroxyl groups is 1. The summed E-state index contributed by atoms with van der Waals surface area (Å²) in [5, 5.41) is 9.63. The van der Waals surface area contributed by atoms with Gasteiger partial charge in [0.05, 0.1) is 6.61 Å². The number of rotatable bonds is 4. The van der Waals surface area contributed by atoms with Gasteiger partial charge in [0.2, 0.25) is 0 Å². The van der Waals surface area contributed by atoms with Crippen LogP contribution in [0.25, 0.3) is 0 Å². The molecule has 1 aromatic carbocycles. The highest BCUT2D eigenvalue weighted by Gasteiger charge is 2.53. The topological polar surface area (TPSA) is 106 Å². The van der Waals surface area contributed by atoms with Crippen LogP contribution in [0, 0.1) is 0 Å². The van der Waals surface area contributed by atoms with Crippen LogP contribution in [0.5, 0.6) is 0 Å². The summed E-state index contributed by atoms with van der Waals surface area (Å²) in [7, 11) is 3.91. The van der Waals surface area contributed by atoms with E-state index in [2.05, 4.69) is 4.98 Å². The number of anilines is 1. The minimum absolute atomic E-state index is 0.272. The molecular formula is C18H21N3O6. The minimum atomic E-state index is -0.803. The van der Waals surface area contributed by atoms with Crippen LogP contribution in [0.3, 0.4) is 0 Å². The van der Waals surface area contributed by atoms with Crippen molar-refractivity contribution in [2.75, 3.05) is 25.6 Å². The van der Waals surface area contributed by atoms with Crippen molar-refractivity contribution >= 4 is 5.69 Å². The zero-order valence-electron chi connectivity index (χ0n) is 14.9. The zero-order chi connectivity index (χ0) is 19.1. The fourth-order valence-corrected chi connectivity index (χ4v) is 3.42. The van der Waals surface area contributed by atoms with Crippen molar-refractivity contribution in [3.63, 3.8) is 0 Å².